The maximum Gasteiger partial charge on any atom is 0.203 e. The molecule has 2 aromatic rings. The lowest BCUT2D eigenvalue weighted by Gasteiger charge is -2.63. The number of ketones is 3. The van der Waals surface area contributed by atoms with E-state index in [1.54, 1.807) is 39.8 Å². The Kier molecular flexibility index (Phi) is 7.80. The van der Waals surface area contributed by atoms with Crippen molar-refractivity contribution in [1.82, 2.24) is 0 Å². The third-order valence-electron chi connectivity index (χ3n) is 12.0. The van der Waals surface area contributed by atoms with Gasteiger partial charge >= 0.3 is 0 Å². The number of aliphatic hydroxyl groups is 4. The molecule has 0 bridgehead atoms. The van der Waals surface area contributed by atoms with Crippen LogP contribution in [0.1, 0.15) is 88.6 Å². The smallest absolute Gasteiger partial charge is 0.203 e. The van der Waals surface area contributed by atoms with Crippen LogP contribution in [0.15, 0.2) is 71.0 Å². The monoisotopic (exact) mass is 652 g/mol. The van der Waals surface area contributed by atoms with Crippen molar-refractivity contribution in [3.63, 3.8) is 0 Å². The van der Waals surface area contributed by atoms with Gasteiger partial charge in [0.1, 0.15) is 22.8 Å². The van der Waals surface area contributed by atoms with Gasteiger partial charge in [-0.1, -0.05) is 95.7 Å². The van der Waals surface area contributed by atoms with Crippen LogP contribution in [-0.2, 0) is 27.2 Å². The van der Waals surface area contributed by atoms with Gasteiger partial charge in [-0.3, -0.25) is 14.4 Å². The summed E-state index contributed by atoms with van der Waals surface area (Å²) < 4.78 is 0. The highest BCUT2D eigenvalue weighted by atomic mass is 16.4. The number of aliphatic hydroxyl groups excluding tert-OH is 3. The first-order valence-corrected chi connectivity index (χ1v) is 16.7. The zero-order valence-corrected chi connectivity index (χ0v) is 28.5. The number of phenols is 1. The van der Waals surface area contributed by atoms with Crippen molar-refractivity contribution >= 4 is 28.7 Å². The molecular weight excluding hydrogens is 608 g/mol. The third kappa shape index (κ3) is 4.18. The van der Waals surface area contributed by atoms with Gasteiger partial charge in [-0.2, -0.15) is 0 Å². The van der Waals surface area contributed by atoms with Crippen LogP contribution in [0.5, 0.6) is 5.75 Å². The number of aromatic hydroxyl groups is 1. The summed E-state index contributed by atoms with van der Waals surface area (Å²) in [5.74, 6) is -7.11. The van der Waals surface area contributed by atoms with Crippen molar-refractivity contribution in [2.24, 2.45) is 22.7 Å². The lowest BCUT2D eigenvalue weighted by molar-refractivity contribution is -0.215. The van der Waals surface area contributed by atoms with E-state index in [0.717, 1.165) is 30.1 Å². The van der Waals surface area contributed by atoms with Gasteiger partial charge < -0.3 is 25.5 Å². The van der Waals surface area contributed by atoms with Crippen molar-refractivity contribution in [1.29, 1.82) is 0 Å². The van der Waals surface area contributed by atoms with Crippen LogP contribution in [0.4, 0.5) is 0 Å². The first-order valence-electron chi connectivity index (χ1n) is 16.7. The standard InChI is InChI=1S/C40H44O8/c1-8-22-9-12-24(13-10-22)25-14-11-23(17-25)18-26-15-16-27-20(4)38(6)31(34(44)29(27)32(26)42)36(46)40(48)35(45)28(21(5)41)33(43)30(19(2)3)39(40,7)37(38)47/h9-10,12-17,19-20,30,37,42,44-45,47-48H,8,11,18H2,1-7H3/t20-,30?,37-,38+,39+,40+/m1/s1. The number of fused-ring (bicyclic) bond motifs is 3. The first kappa shape index (κ1) is 33.6. The van der Waals surface area contributed by atoms with E-state index in [9.17, 15) is 39.9 Å². The number of carbonyl (C=O) groups excluding carboxylic acids is 3. The molecule has 4 aliphatic rings. The summed E-state index contributed by atoms with van der Waals surface area (Å²) in [5.41, 5.74) is -1.97. The molecule has 4 aliphatic carbocycles. The molecule has 2 aromatic carbocycles. The van der Waals surface area contributed by atoms with Crippen molar-refractivity contribution in [3.8, 4) is 5.75 Å². The topological polar surface area (TPSA) is 152 Å². The minimum atomic E-state index is -2.91. The minimum absolute atomic E-state index is 0.0183. The highest BCUT2D eigenvalue weighted by Gasteiger charge is 2.77. The molecule has 1 unspecified atom stereocenters. The normalized spacial score (nSPS) is 31.4. The Morgan fingerprint density at radius 1 is 1.02 bits per heavy atom. The Morgan fingerprint density at radius 3 is 2.25 bits per heavy atom. The number of rotatable bonds is 6. The summed E-state index contributed by atoms with van der Waals surface area (Å²) in [4.78, 5) is 41.1. The number of hydrogen-bond donors (Lipinski definition) is 5. The average molecular weight is 653 g/mol. The van der Waals surface area contributed by atoms with Crippen molar-refractivity contribution in [3.05, 3.63) is 98.8 Å². The molecule has 0 saturated heterocycles. The van der Waals surface area contributed by atoms with E-state index in [1.807, 2.05) is 0 Å². The molecule has 5 N–H and O–H groups in total. The van der Waals surface area contributed by atoms with E-state index >= 15 is 0 Å². The lowest BCUT2D eigenvalue weighted by Crippen LogP contribution is -2.75. The van der Waals surface area contributed by atoms with Gasteiger partial charge in [0.25, 0.3) is 0 Å². The van der Waals surface area contributed by atoms with Gasteiger partial charge in [0.15, 0.2) is 17.2 Å². The van der Waals surface area contributed by atoms with Crippen molar-refractivity contribution in [2.45, 2.75) is 85.4 Å². The molecule has 0 radical (unpaired) electrons. The summed E-state index contributed by atoms with van der Waals surface area (Å²) in [5, 5.41) is 59.7. The van der Waals surface area contributed by atoms with E-state index in [-0.39, 0.29) is 16.9 Å². The van der Waals surface area contributed by atoms with Crippen LogP contribution in [0.2, 0.25) is 0 Å². The number of hydrogen-bond acceptors (Lipinski definition) is 8. The molecule has 252 valence electrons. The molecule has 0 spiro atoms. The second kappa shape index (κ2) is 11.1. The summed E-state index contributed by atoms with van der Waals surface area (Å²) in [6.45, 7) is 11.3. The SMILES string of the molecule is CCc1ccc(C2=CCC(Cc3ccc4c(c3O)C(O)=C3C(=O)[C@@]5(O)C(O)=C(C(C)=O)C(=O)C(C(C)C)[C@@]5(C)[C@H](O)[C@@]3(C)[C@@H]4C)=C2)cc1. The van der Waals surface area contributed by atoms with E-state index in [2.05, 4.69) is 43.3 Å². The van der Waals surface area contributed by atoms with Gasteiger partial charge in [-0.25, -0.2) is 0 Å². The molecule has 1 saturated carbocycles. The summed E-state index contributed by atoms with van der Waals surface area (Å²) in [6.07, 6.45) is 4.58. The quantitative estimate of drug-likeness (QED) is 0.230. The fourth-order valence-electron chi connectivity index (χ4n) is 9.19. The number of aryl methyl sites for hydroxylation is 1. The number of allylic oxidation sites excluding steroid dienone is 5. The zero-order valence-electron chi connectivity index (χ0n) is 28.5. The second-order valence-corrected chi connectivity index (χ2v) is 14.7. The van der Waals surface area contributed by atoms with Gasteiger partial charge in [0.2, 0.25) is 5.78 Å². The van der Waals surface area contributed by atoms with Crippen molar-refractivity contribution in [2.75, 3.05) is 0 Å². The van der Waals surface area contributed by atoms with Gasteiger partial charge in [-0.05, 0) is 65.8 Å². The first-order chi connectivity index (χ1) is 22.5. The Hall–Kier alpha value is -4.27. The maximum atomic E-state index is 14.7. The number of Topliss-reactive ketones (excluding diaryl/α,β-unsaturated/α-hetero) is 3. The highest BCUT2D eigenvalue weighted by molar-refractivity contribution is 6.24. The molecule has 1 fully saturated rings. The van der Waals surface area contributed by atoms with Crippen LogP contribution in [0, 0.1) is 22.7 Å². The zero-order chi connectivity index (χ0) is 35.2. The fourth-order valence-corrected chi connectivity index (χ4v) is 9.19. The molecule has 0 aliphatic heterocycles. The molecule has 48 heavy (non-hydrogen) atoms. The van der Waals surface area contributed by atoms with E-state index < -0.39 is 74.7 Å². The summed E-state index contributed by atoms with van der Waals surface area (Å²) in [6, 6.07) is 12.0. The van der Waals surface area contributed by atoms with Gasteiger partial charge in [0, 0.05) is 16.7 Å². The molecular formula is C40H44O8. The van der Waals surface area contributed by atoms with E-state index in [0.29, 0.717) is 24.0 Å². The molecule has 8 nitrogen and oxygen atoms in total. The molecule has 8 heteroatoms. The van der Waals surface area contributed by atoms with Crippen LogP contribution in [0.25, 0.3) is 11.3 Å². The highest BCUT2D eigenvalue weighted by Crippen LogP contribution is 2.67. The number of carbonyl (C=O) groups is 3. The Labute approximate surface area is 280 Å². The minimum Gasteiger partial charge on any atom is -0.508 e. The number of benzene rings is 2. The molecule has 0 heterocycles. The van der Waals surface area contributed by atoms with E-state index in [4.69, 9.17) is 0 Å². The third-order valence-corrected chi connectivity index (χ3v) is 12.0. The number of phenolic OH excluding ortho intramolecular Hbond substituents is 1. The van der Waals surface area contributed by atoms with Crippen LogP contribution < -0.4 is 0 Å². The summed E-state index contributed by atoms with van der Waals surface area (Å²) >= 11 is 0. The Morgan fingerprint density at radius 2 is 1.67 bits per heavy atom. The average Bonchev–Trinajstić information content (AvgIpc) is 3.50. The fraction of sp³-hybridized carbons (Fsp3) is 0.425. The molecule has 0 amide bonds. The van der Waals surface area contributed by atoms with Crippen LogP contribution in [-0.4, -0.2) is 54.6 Å². The van der Waals surface area contributed by atoms with Crippen molar-refractivity contribution < 1.29 is 39.9 Å². The maximum absolute atomic E-state index is 14.7. The van der Waals surface area contributed by atoms with Crippen LogP contribution >= 0.6 is 0 Å². The molecule has 6 atom stereocenters. The largest absolute Gasteiger partial charge is 0.508 e. The van der Waals surface area contributed by atoms with Crippen LogP contribution in [0.3, 0.4) is 0 Å². The lowest BCUT2D eigenvalue weighted by atomic mass is 9.40. The predicted molar refractivity (Wildman–Crippen MR) is 182 cm³/mol. The Bertz CT molecular complexity index is 1910. The predicted octanol–water partition coefficient (Wildman–Crippen LogP) is 6.24. The van der Waals surface area contributed by atoms with E-state index in [1.165, 1.54) is 12.5 Å². The summed E-state index contributed by atoms with van der Waals surface area (Å²) in [7, 11) is 0. The molecule has 0 aromatic heterocycles. The Balaban J connectivity index is 1.48. The van der Waals surface area contributed by atoms with Gasteiger partial charge in [0.05, 0.1) is 17.2 Å². The molecule has 6 rings (SSSR count). The second-order valence-electron chi connectivity index (χ2n) is 14.7. The van der Waals surface area contributed by atoms with Gasteiger partial charge in [-0.15, -0.1) is 0 Å².